The van der Waals surface area contributed by atoms with Crippen LogP contribution in [0.15, 0.2) is 18.2 Å². The highest BCUT2D eigenvalue weighted by molar-refractivity contribution is 7.80. The summed E-state index contributed by atoms with van der Waals surface area (Å²) in [7, 11) is 0. The standard InChI is InChI=1S/C11H15N3OS/c1-3-13-11(15)14-8-6-4-5-7(2)9(8)10(12)16/h4-6H,3H2,1-2H3,(H2,12,16)(H2,13,14,15). The minimum Gasteiger partial charge on any atom is -0.389 e. The van der Waals surface area contributed by atoms with Crippen LogP contribution in [0, 0.1) is 6.92 Å². The van der Waals surface area contributed by atoms with E-state index in [0.29, 0.717) is 17.8 Å². The van der Waals surface area contributed by atoms with E-state index in [1.807, 2.05) is 26.0 Å². The molecule has 0 unspecified atom stereocenters. The summed E-state index contributed by atoms with van der Waals surface area (Å²) in [6, 6.07) is 5.26. The van der Waals surface area contributed by atoms with E-state index in [1.165, 1.54) is 0 Å². The summed E-state index contributed by atoms with van der Waals surface area (Å²) in [6.45, 7) is 4.32. The Balaban J connectivity index is 3.00. The Bertz CT molecular complexity index is 418. The fourth-order valence-corrected chi connectivity index (χ4v) is 1.70. The molecule has 0 aliphatic heterocycles. The SMILES string of the molecule is CCNC(=O)Nc1cccc(C)c1C(N)=S. The van der Waals surface area contributed by atoms with Gasteiger partial charge in [0.15, 0.2) is 0 Å². The molecular formula is C11H15N3OS. The number of rotatable bonds is 3. The van der Waals surface area contributed by atoms with Gasteiger partial charge >= 0.3 is 6.03 Å². The topological polar surface area (TPSA) is 67.2 Å². The maximum Gasteiger partial charge on any atom is 0.319 e. The summed E-state index contributed by atoms with van der Waals surface area (Å²) in [5.41, 5.74) is 7.92. The number of benzene rings is 1. The highest BCUT2D eigenvalue weighted by atomic mass is 32.1. The van der Waals surface area contributed by atoms with E-state index < -0.39 is 0 Å². The van der Waals surface area contributed by atoms with E-state index in [4.69, 9.17) is 18.0 Å². The van der Waals surface area contributed by atoms with Crippen LogP contribution in [0.5, 0.6) is 0 Å². The number of aryl methyl sites for hydroxylation is 1. The van der Waals surface area contributed by atoms with Gasteiger partial charge in [0.25, 0.3) is 0 Å². The van der Waals surface area contributed by atoms with Crippen molar-refractivity contribution in [1.29, 1.82) is 0 Å². The third kappa shape index (κ3) is 2.93. The Morgan fingerprint density at radius 3 is 2.75 bits per heavy atom. The number of urea groups is 1. The second-order valence-electron chi connectivity index (χ2n) is 3.35. The number of hydrogen-bond donors (Lipinski definition) is 3. The van der Waals surface area contributed by atoms with Crippen molar-refractivity contribution in [2.75, 3.05) is 11.9 Å². The molecule has 0 aromatic heterocycles. The van der Waals surface area contributed by atoms with Gasteiger partial charge in [-0.3, -0.25) is 0 Å². The summed E-state index contributed by atoms with van der Waals surface area (Å²) in [6.07, 6.45) is 0. The summed E-state index contributed by atoms with van der Waals surface area (Å²) >= 11 is 4.96. The lowest BCUT2D eigenvalue weighted by molar-refractivity contribution is 0.252. The Hall–Kier alpha value is -1.62. The molecule has 4 nitrogen and oxygen atoms in total. The van der Waals surface area contributed by atoms with Crippen LogP contribution < -0.4 is 16.4 Å². The predicted molar refractivity (Wildman–Crippen MR) is 69.8 cm³/mol. The molecule has 0 saturated carbocycles. The molecule has 0 bridgehead atoms. The number of nitrogens with one attached hydrogen (secondary N) is 2. The second-order valence-corrected chi connectivity index (χ2v) is 3.79. The fraction of sp³-hybridized carbons (Fsp3) is 0.273. The molecule has 1 aromatic rings. The molecule has 2 amide bonds. The molecule has 1 aromatic carbocycles. The number of carbonyl (C=O) groups is 1. The van der Waals surface area contributed by atoms with Crippen LogP contribution in [0.3, 0.4) is 0 Å². The van der Waals surface area contributed by atoms with Gasteiger partial charge in [0, 0.05) is 12.1 Å². The molecule has 0 spiro atoms. The first-order valence-corrected chi connectivity index (χ1v) is 5.41. The lowest BCUT2D eigenvalue weighted by atomic mass is 10.1. The van der Waals surface area contributed by atoms with E-state index in [9.17, 15) is 4.79 Å². The first-order chi connectivity index (χ1) is 7.56. The molecule has 0 radical (unpaired) electrons. The largest absolute Gasteiger partial charge is 0.389 e. The van der Waals surface area contributed by atoms with Gasteiger partial charge in [-0.15, -0.1) is 0 Å². The third-order valence-corrected chi connectivity index (χ3v) is 2.31. The van der Waals surface area contributed by atoms with Gasteiger partial charge < -0.3 is 16.4 Å². The van der Waals surface area contributed by atoms with Gasteiger partial charge in [0.1, 0.15) is 4.99 Å². The van der Waals surface area contributed by atoms with Gasteiger partial charge in [0.05, 0.1) is 5.69 Å². The first kappa shape index (κ1) is 12.4. The van der Waals surface area contributed by atoms with Gasteiger partial charge in [0.2, 0.25) is 0 Å². The lowest BCUT2D eigenvalue weighted by Crippen LogP contribution is -2.29. The number of anilines is 1. The summed E-state index contributed by atoms with van der Waals surface area (Å²) < 4.78 is 0. The van der Waals surface area contributed by atoms with Gasteiger partial charge in [-0.25, -0.2) is 4.79 Å². The molecule has 5 heteroatoms. The van der Waals surface area contributed by atoms with Crippen LogP contribution in [-0.2, 0) is 0 Å². The zero-order valence-electron chi connectivity index (χ0n) is 9.33. The van der Waals surface area contributed by atoms with Crippen molar-refractivity contribution in [3.05, 3.63) is 29.3 Å². The monoisotopic (exact) mass is 237 g/mol. The zero-order valence-corrected chi connectivity index (χ0v) is 10.1. The Morgan fingerprint density at radius 1 is 1.50 bits per heavy atom. The Labute approximate surface area is 100 Å². The van der Waals surface area contributed by atoms with Crippen molar-refractivity contribution in [3.8, 4) is 0 Å². The average Bonchev–Trinajstić information content (AvgIpc) is 2.17. The van der Waals surface area contributed by atoms with Crippen LogP contribution >= 0.6 is 12.2 Å². The molecule has 0 heterocycles. The quantitative estimate of drug-likeness (QED) is 0.702. The minimum atomic E-state index is -0.259. The number of thiocarbonyl (C=S) groups is 1. The maximum absolute atomic E-state index is 11.4. The van der Waals surface area contributed by atoms with Crippen molar-refractivity contribution in [2.45, 2.75) is 13.8 Å². The molecule has 16 heavy (non-hydrogen) atoms. The van der Waals surface area contributed by atoms with Crippen molar-refractivity contribution < 1.29 is 4.79 Å². The van der Waals surface area contributed by atoms with Crippen molar-refractivity contribution in [3.63, 3.8) is 0 Å². The van der Waals surface area contributed by atoms with Crippen LogP contribution in [0.25, 0.3) is 0 Å². The van der Waals surface area contributed by atoms with Gasteiger partial charge in [-0.2, -0.15) is 0 Å². The molecule has 86 valence electrons. The predicted octanol–water partition coefficient (Wildman–Crippen LogP) is 1.77. The third-order valence-electron chi connectivity index (χ3n) is 2.10. The Morgan fingerprint density at radius 2 is 2.19 bits per heavy atom. The smallest absolute Gasteiger partial charge is 0.319 e. The van der Waals surface area contributed by atoms with E-state index in [1.54, 1.807) is 6.07 Å². The average molecular weight is 237 g/mol. The normalized spacial score (nSPS) is 9.62. The van der Waals surface area contributed by atoms with Crippen LogP contribution in [0.4, 0.5) is 10.5 Å². The Kier molecular flexibility index (Phi) is 4.25. The van der Waals surface area contributed by atoms with Crippen LogP contribution in [0.2, 0.25) is 0 Å². The van der Waals surface area contributed by atoms with Crippen molar-refractivity contribution in [1.82, 2.24) is 5.32 Å². The number of amides is 2. The molecule has 0 fully saturated rings. The maximum atomic E-state index is 11.4. The van der Waals surface area contributed by atoms with Gasteiger partial charge in [-0.1, -0.05) is 24.4 Å². The minimum absolute atomic E-state index is 0.259. The van der Waals surface area contributed by atoms with Gasteiger partial charge in [-0.05, 0) is 25.5 Å². The fourth-order valence-electron chi connectivity index (χ4n) is 1.43. The van der Waals surface area contributed by atoms with E-state index in [2.05, 4.69) is 10.6 Å². The molecule has 0 aliphatic carbocycles. The highest BCUT2D eigenvalue weighted by Gasteiger charge is 2.10. The molecule has 0 aliphatic rings. The van der Waals surface area contributed by atoms with E-state index >= 15 is 0 Å². The van der Waals surface area contributed by atoms with E-state index in [0.717, 1.165) is 5.56 Å². The lowest BCUT2D eigenvalue weighted by Gasteiger charge is -2.12. The summed E-state index contributed by atoms with van der Waals surface area (Å²) in [5.74, 6) is 0. The zero-order chi connectivity index (χ0) is 12.1. The van der Waals surface area contributed by atoms with Crippen molar-refractivity contribution in [2.24, 2.45) is 5.73 Å². The van der Waals surface area contributed by atoms with Crippen LogP contribution in [-0.4, -0.2) is 17.6 Å². The molecular weight excluding hydrogens is 222 g/mol. The number of nitrogens with two attached hydrogens (primary N) is 1. The number of hydrogen-bond acceptors (Lipinski definition) is 2. The highest BCUT2D eigenvalue weighted by Crippen LogP contribution is 2.19. The molecule has 4 N–H and O–H groups in total. The molecule has 0 atom stereocenters. The second kappa shape index (κ2) is 5.46. The summed E-state index contributed by atoms with van der Waals surface area (Å²) in [4.78, 5) is 11.7. The molecule has 0 saturated heterocycles. The molecule has 1 rings (SSSR count). The number of carbonyl (C=O) groups excluding carboxylic acids is 1. The summed E-state index contributed by atoms with van der Waals surface area (Å²) in [5, 5.41) is 5.36. The van der Waals surface area contributed by atoms with Crippen molar-refractivity contribution >= 4 is 28.9 Å². The van der Waals surface area contributed by atoms with E-state index in [-0.39, 0.29) is 11.0 Å². The first-order valence-electron chi connectivity index (χ1n) is 5.00. The van der Waals surface area contributed by atoms with Crippen LogP contribution in [0.1, 0.15) is 18.1 Å².